The lowest BCUT2D eigenvalue weighted by Gasteiger charge is -2.68. The molecule has 5 heteroatoms. The lowest BCUT2D eigenvalue weighted by atomic mass is 9.50. The number of nitrogens with two attached hydrogens (primary N) is 2. The Hall–Kier alpha value is -0.200. The number of fused-ring (bicyclic) bond motifs is 3. The maximum absolute atomic E-state index is 9.99. The first-order chi connectivity index (χ1) is 15.9. The summed E-state index contributed by atoms with van der Waals surface area (Å²) in [6.45, 7) is 3.72. The molecule has 0 aromatic carbocycles. The van der Waals surface area contributed by atoms with Gasteiger partial charge in [-0.2, -0.15) is 0 Å². The van der Waals surface area contributed by atoms with Crippen LogP contribution in [0, 0.1) is 29.6 Å². The Kier molecular flexibility index (Phi) is 7.19. The normalized spacial score (nSPS) is 49.3. The molecule has 3 heterocycles. The lowest BCUT2D eigenvalue weighted by molar-refractivity contribution is -0.312. The van der Waals surface area contributed by atoms with Gasteiger partial charge < -0.3 is 26.6 Å². The van der Waals surface area contributed by atoms with Crippen LogP contribution in [0.1, 0.15) is 110 Å². The zero-order valence-corrected chi connectivity index (χ0v) is 21.2. The third kappa shape index (κ3) is 4.67. The molecule has 6 N–H and O–H groups in total. The van der Waals surface area contributed by atoms with Crippen LogP contribution in [0.5, 0.6) is 0 Å². The van der Waals surface area contributed by atoms with Crippen LogP contribution in [0.2, 0.25) is 0 Å². The van der Waals surface area contributed by atoms with Crippen LogP contribution in [0.4, 0.5) is 0 Å². The van der Waals surface area contributed by atoms with E-state index >= 15 is 0 Å². The van der Waals surface area contributed by atoms with Crippen molar-refractivity contribution < 1.29 is 9.84 Å². The molecule has 0 aromatic heterocycles. The number of hydrogen-bond acceptors (Lipinski definition) is 5. The van der Waals surface area contributed by atoms with Crippen molar-refractivity contribution in [1.29, 1.82) is 0 Å². The quantitative estimate of drug-likeness (QED) is 0.469. The summed E-state index contributed by atoms with van der Waals surface area (Å²) in [7, 11) is 0. The zero-order chi connectivity index (χ0) is 23.1. The summed E-state index contributed by atoms with van der Waals surface area (Å²) in [5.74, 6) is 3.24. The fraction of sp³-hybridized carbons (Fsp3) is 1.00. The van der Waals surface area contributed by atoms with Gasteiger partial charge in [0.05, 0.1) is 17.4 Å². The summed E-state index contributed by atoms with van der Waals surface area (Å²) >= 11 is 0. The Balaban J connectivity index is 1.35. The second kappa shape index (κ2) is 9.69. The summed E-state index contributed by atoms with van der Waals surface area (Å²) in [4.78, 5) is 0. The Labute approximate surface area is 202 Å². The van der Waals surface area contributed by atoms with Gasteiger partial charge in [0.25, 0.3) is 0 Å². The third-order valence-electron chi connectivity index (χ3n) is 11.0. The van der Waals surface area contributed by atoms with Gasteiger partial charge in [-0.05, 0) is 108 Å². The SMILES string of the molecule is CC1(C2CCCCC2)OC2(C3CCCC(CC4CCC(N)NC4)C3)CCC1C(N)(CCO)C2. The van der Waals surface area contributed by atoms with Gasteiger partial charge in [-0.25, -0.2) is 0 Å². The molecule has 8 atom stereocenters. The number of aliphatic hydroxyl groups excluding tert-OH is 1. The molecule has 33 heavy (non-hydrogen) atoms. The first kappa shape index (κ1) is 24.5. The van der Waals surface area contributed by atoms with E-state index < -0.39 is 0 Å². The van der Waals surface area contributed by atoms with Crippen LogP contribution in [0.15, 0.2) is 0 Å². The fourth-order valence-electron chi connectivity index (χ4n) is 9.44. The van der Waals surface area contributed by atoms with Gasteiger partial charge in [-0.15, -0.1) is 0 Å². The highest BCUT2D eigenvalue weighted by Gasteiger charge is 2.65. The van der Waals surface area contributed by atoms with Crippen LogP contribution >= 0.6 is 0 Å². The van der Waals surface area contributed by atoms with Crippen LogP contribution in [0.3, 0.4) is 0 Å². The molecule has 6 rings (SSSR count). The monoisotopic (exact) mass is 461 g/mol. The smallest absolute Gasteiger partial charge is 0.0736 e. The molecule has 6 aliphatic rings. The molecule has 3 saturated carbocycles. The van der Waals surface area contributed by atoms with E-state index in [4.69, 9.17) is 16.2 Å². The molecule has 190 valence electrons. The number of hydrogen-bond donors (Lipinski definition) is 4. The maximum atomic E-state index is 9.99. The highest BCUT2D eigenvalue weighted by atomic mass is 16.5. The van der Waals surface area contributed by atoms with Gasteiger partial charge in [-0.3, -0.25) is 0 Å². The van der Waals surface area contributed by atoms with Gasteiger partial charge in [0.15, 0.2) is 0 Å². The number of piperidine rings is 1. The Morgan fingerprint density at radius 2 is 1.73 bits per heavy atom. The third-order valence-corrected chi connectivity index (χ3v) is 11.0. The summed E-state index contributed by atoms with van der Waals surface area (Å²) < 4.78 is 7.44. The average molecular weight is 462 g/mol. The summed E-state index contributed by atoms with van der Waals surface area (Å²) in [6.07, 6.45) is 20.0. The number of rotatable bonds is 6. The van der Waals surface area contributed by atoms with Crippen LogP contribution in [-0.4, -0.2) is 41.2 Å². The van der Waals surface area contributed by atoms with Gasteiger partial charge >= 0.3 is 0 Å². The van der Waals surface area contributed by atoms with Crippen molar-refractivity contribution in [3.05, 3.63) is 0 Å². The topological polar surface area (TPSA) is 93.5 Å². The summed E-state index contributed by atoms with van der Waals surface area (Å²) in [5, 5.41) is 13.5. The van der Waals surface area contributed by atoms with E-state index in [1.54, 1.807) is 0 Å². The van der Waals surface area contributed by atoms with Crippen molar-refractivity contribution in [1.82, 2.24) is 5.32 Å². The van der Waals surface area contributed by atoms with E-state index in [0.717, 1.165) is 37.6 Å². The second-order valence-corrected chi connectivity index (χ2v) is 13.1. The Bertz CT molecular complexity index is 662. The number of nitrogens with one attached hydrogen (secondary N) is 1. The lowest BCUT2D eigenvalue weighted by Crippen LogP contribution is -2.74. The number of aliphatic hydroxyl groups is 1. The molecule has 2 bridgehead atoms. The minimum atomic E-state index is -0.270. The largest absolute Gasteiger partial charge is 0.396 e. The first-order valence-corrected chi connectivity index (χ1v) is 14.5. The van der Waals surface area contributed by atoms with E-state index in [2.05, 4.69) is 12.2 Å². The molecular weight excluding hydrogens is 410 g/mol. The molecule has 0 aromatic rings. The van der Waals surface area contributed by atoms with Crippen molar-refractivity contribution in [3.8, 4) is 0 Å². The van der Waals surface area contributed by atoms with Crippen molar-refractivity contribution in [2.24, 2.45) is 41.1 Å². The number of ether oxygens (including phenoxy) is 1. The summed E-state index contributed by atoms with van der Waals surface area (Å²) in [5.41, 5.74) is 12.9. The average Bonchev–Trinajstić information content (AvgIpc) is 2.81. The molecular formula is C28H51N3O2. The van der Waals surface area contributed by atoms with Gasteiger partial charge in [0.2, 0.25) is 0 Å². The molecule has 0 spiro atoms. The van der Waals surface area contributed by atoms with Gasteiger partial charge in [0, 0.05) is 18.1 Å². The molecule has 5 nitrogen and oxygen atoms in total. The Morgan fingerprint density at radius 3 is 2.45 bits per heavy atom. The van der Waals surface area contributed by atoms with E-state index in [9.17, 15) is 5.11 Å². The van der Waals surface area contributed by atoms with Gasteiger partial charge in [0.1, 0.15) is 0 Å². The van der Waals surface area contributed by atoms with Gasteiger partial charge in [-0.1, -0.05) is 32.1 Å². The van der Waals surface area contributed by atoms with Crippen molar-refractivity contribution >= 4 is 0 Å². The standard InChI is InChI=1S/C28H51N3O2/c1-26(22-7-3-2-4-8-22)24-12-13-28(33-26,19-27(24,30)14-15-32)23-9-5-6-20(17-23)16-21-10-11-25(29)31-18-21/h20-25,31-32H,2-19,29-30H2,1H3. The fourth-order valence-corrected chi connectivity index (χ4v) is 9.44. The molecule has 3 saturated heterocycles. The predicted octanol–water partition coefficient (Wildman–Crippen LogP) is 4.46. The van der Waals surface area contributed by atoms with E-state index in [-0.39, 0.29) is 29.5 Å². The second-order valence-electron chi connectivity index (χ2n) is 13.1. The van der Waals surface area contributed by atoms with Crippen LogP contribution in [0.25, 0.3) is 0 Å². The van der Waals surface area contributed by atoms with Crippen LogP contribution < -0.4 is 16.8 Å². The molecule has 6 fully saturated rings. The van der Waals surface area contributed by atoms with Crippen molar-refractivity contribution in [2.45, 2.75) is 133 Å². The zero-order valence-electron chi connectivity index (χ0n) is 21.2. The van der Waals surface area contributed by atoms with E-state index in [1.807, 2.05) is 0 Å². The summed E-state index contributed by atoms with van der Waals surface area (Å²) in [6, 6.07) is 0. The highest BCUT2D eigenvalue weighted by Crippen LogP contribution is 2.62. The van der Waals surface area contributed by atoms with Crippen LogP contribution in [-0.2, 0) is 4.74 Å². The molecule has 0 amide bonds. The van der Waals surface area contributed by atoms with E-state index in [0.29, 0.717) is 17.8 Å². The molecule has 8 unspecified atom stereocenters. The van der Waals surface area contributed by atoms with E-state index in [1.165, 1.54) is 83.5 Å². The maximum Gasteiger partial charge on any atom is 0.0736 e. The Morgan fingerprint density at radius 1 is 0.939 bits per heavy atom. The minimum Gasteiger partial charge on any atom is -0.396 e. The molecule has 0 radical (unpaired) electrons. The minimum absolute atomic E-state index is 0.0727. The molecule has 3 aliphatic carbocycles. The highest BCUT2D eigenvalue weighted by molar-refractivity contribution is 5.17. The molecule has 3 aliphatic heterocycles. The van der Waals surface area contributed by atoms with Crippen molar-refractivity contribution in [2.75, 3.05) is 13.2 Å². The predicted molar refractivity (Wildman–Crippen MR) is 134 cm³/mol. The first-order valence-electron chi connectivity index (χ1n) is 14.5. The van der Waals surface area contributed by atoms with Crippen molar-refractivity contribution in [3.63, 3.8) is 0 Å².